The number of nitrogens with one attached hydrogen (secondary N) is 1. The highest BCUT2D eigenvalue weighted by atomic mass is 32.2. The van der Waals surface area contributed by atoms with Crippen molar-refractivity contribution in [3.8, 4) is 0 Å². The van der Waals surface area contributed by atoms with E-state index in [1.54, 1.807) is 0 Å². The molecule has 0 aromatic carbocycles. The van der Waals surface area contributed by atoms with Crippen LogP contribution in [0.4, 0.5) is 0 Å². The van der Waals surface area contributed by atoms with Crippen molar-refractivity contribution in [2.45, 2.75) is 13.3 Å². The highest BCUT2D eigenvalue weighted by Crippen LogP contribution is 1.89. The van der Waals surface area contributed by atoms with Crippen LogP contribution in [0.15, 0.2) is 0 Å². The Kier molecular flexibility index (Phi) is 2.12. The maximum absolute atomic E-state index is 9.89. The van der Waals surface area contributed by atoms with Crippen LogP contribution < -0.4 is 0 Å². The number of rotatable bonds is 1. The van der Waals surface area contributed by atoms with Gasteiger partial charge >= 0.3 is 10.1 Å². The zero-order valence-electron chi connectivity index (χ0n) is 4.38. The molecular formula is C3H7NO3S. The van der Waals surface area contributed by atoms with Crippen LogP contribution in [0.3, 0.4) is 0 Å². The smallest absolute Gasteiger partial charge is 0.292 e. The lowest BCUT2D eigenvalue weighted by molar-refractivity contribution is 0.497. The quantitative estimate of drug-likeness (QED) is 0.309. The van der Waals surface area contributed by atoms with Gasteiger partial charge in [-0.1, -0.05) is 6.92 Å². The molecule has 48 valence electrons. The highest BCUT2D eigenvalue weighted by Gasteiger charge is 2.08. The molecular weight excluding hydrogens is 130 g/mol. The summed E-state index contributed by atoms with van der Waals surface area (Å²) in [4.78, 5) is 0. The molecule has 0 saturated heterocycles. The molecule has 0 fully saturated rings. The van der Waals surface area contributed by atoms with E-state index in [0.29, 0.717) is 0 Å². The molecule has 0 aromatic rings. The summed E-state index contributed by atoms with van der Waals surface area (Å²) in [6.45, 7) is 1.48. The lowest BCUT2D eigenvalue weighted by atomic mass is 10.5. The fraction of sp³-hybridized carbons (Fsp3) is 0.667. The first kappa shape index (κ1) is 7.58. The molecule has 8 heavy (non-hydrogen) atoms. The first-order chi connectivity index (χ1) is 3.48. The van der Waals surface area contributed by atoms with E-state index in [0.717, 1.165) is 0 Å². The van der Waals surface area contributed by atoms with Crippen LogP contribution in [-0.2, 0) is 10.1 Å². The third kappa shape index (κ3) is 2.04. The van der Waals surface area contributed by atoms with Gasteiger partial charge in [0.05, 0.1) is 0 Å². The van der Waals surface area contributed by atoms with Gasteiger partial charge in [0.15, 0.2) is 5.04 Å². The summed E-state index contributed by atoms with van der Waals surface area (Å²) < 4.78 is 27.8. The molecule has 0 rings (SSSR count). The molecule has 0 aromatic heterocycles. The second-order valence-electron chi connectivity index (χ2n) is 1.25. The van der Waals surface area contributed by atoms with Gasteiger partial charge in [-0.05, 0) is 6.42 Å². The van der Waals surface area contributed by atoms with E-state index in [1.807, 2.05) is 0 Å². The zero-order valence-corrected chi connectivity index (χ0v) is 5.20. The largest absolute Gasteiger partial charge is 0.307 e. The third-order valence-corrected chi connectivity index (χ3v) is 1.54. The minimum absolute atomic E-state index is 0.0405. The summed E-state index contributed by atoms with van der Waals surface area (Å²) in [5.41, 5.74) is 0. The Morgan fingerprint density at radius 2 is 2.12 bits per heavy atom. The minimum atomic E-state index is -4.17. The summed E-state index contributed by atoms with van der Waals surface area (Å²) in [5.74, 6) is 0. The van der Waals surface area contributed by atoms with Gasteiger partial charge in [-0.3, -0.25) is 9.96 Å². The lowest BCUT2D eigenvalue weighted by Crippen LogP contribution is -2.09. The SMILES string of the molecule is CCC(=N)S(=O)(=O)O. The topological polar surface area (TPSA) is 78.2 Å². The number of hydrogen-bond donors (Lipinski definition) is 2. The molecule has 0 aliphatic carbocycles. The normalized spacial score (nSPS) is 11.2. The van der Waals surface area contributed by atoms with E-state index < -0.39 is 15.2 Å². The van der Waals surface area contributed by atoms with E-state index in [-0.39, 0.29) is 6.42 Å². The molecule has 5 heteroatoms. The van der Waals surface area contributed by atoms with Crippen molar-refractivity contribution >= 4 is 15.2 Å². The van der Waals surface area contributed by atoms with Gasteiger partial charge < -0.3 is 0 Å². The molecule has 0 amide bonds. The highest BCUT2D eigenvalue weighted by molar-refractivity contribution is 8.01. The van der Waals surface area contributed by atoms with Crippen LogP contribution >= 0.6 is 0 Å². The van der Waals surface area contributed by atoms with Crippen molar-refractivity contribution < 1.29 is 13.0 Å². The van der Waals surface area contributed by atoms with E-state index in [9.17, 15) is 8.42 Å². The van der Waals surface area contributed by atoms with Crippen LogP contribution in [0, 0.1) is 5.41 Å². The molecule has 0 aliphatic heterocycles. The second kappa shape index (κ2) is 2.23. The summed E-state index contributed by atoms with van der Waals surface area (Å²) in [7, 11) is -4.17. The first-order valence-corrected chi connectivity index (χ1v) is 3.47. The molecule has 0 radical (unpaired) electrons. The minimum Gasteiger partial charge on any atom is -0.292 e. The van der Waals surface area contributed by atoms with Gasteiger partial charge in [0.1, 0.15) is 0 Å². The molecule has 0 unspecified atom stereocenters. The van der Waals surface area contributed by atoms with Crippen LogP contribution in [0.25, 0.3) is 0 Å². The Morgan fingerprint density at radius 1 is 1.75 bits per heavy atom. The predicted octanol–water partition coefficient (Wildman–Crippen LogP) is 0.261. The fourth-order valence-electron chi connectivity index (χ4n) is 0.182. The van der Waals surface area contributed by atoms with Gasteiger partial charge in [0.25, 0.3) is 0 Å². The first-order valence-electron chi connectivity index (χ1n) is 2.03. The molecule has 0 heterocycles. The van der Waals surface area contributed by atoms with Gasteiger partial charge in [0.2, 0.25) is 0 Å². The third-order valence-electron chi connectivity index (χ3n) is 0.632. The van der Waals surface area contributed by atoms with Gasteiger partial charge in [-0.15, -0.1) is 0 Å². The predicted molar refractivity (Wildman–Crippen MR) is 29.6 cm³/mol. The van der Waals surface area contributed by atoms with E-state index in [4.69, 9.17) is 9.96 Å². The number of hydrogen-bond acceptors (Lipinski definition) is 3. The average Bonchev–Trinajstić information content (AvgIpc) is 1.62. The Labute approximate surface area is 47.8 Å². The molecule has 0 atom stereocenters. The summed E-state index contributed by atoms with van der Waals surface area (Å²) in [6, 6.07) is 0. The van der Waals surface area contributed by atoms with Crippen molar-refractivity contribution in [3.05, 3.63) is 0 Å². The standard InChI is InChI=1S/C3H7NO3S/c1-2-3(4)8(5,6)7/h4H,2H2,1H3,(H,5,6,7). The van der Waals surface area contributed by atoms with Crippen molar-refractivity contribution in [1.82, 2.24) is 0 Å². The fourth-order valence-corrected chi connectivity index (χ4v) is 0.547. The summed E-state index contributed by atoms with van der Waals surface area (Å²) in [5, 5.41) is 5.91. The van der Waals surface area contributed by atoms with E-state index in [1.165, 1.54) is 6.92 Å². The molecule has 0 saturated carbocycles. The van der Waals surface area contributed by atoms with Crippen LogP contribution in [0.2, 0.25) is 0 Å². The molecule has 0 aliphatic rings. The van der Waals surface area contributed by atoms with Crippen molar-refractivity contribution in [3.63, 3.8) is 0 Å². The molecule has 2 N–H and O–H groups in total. The Bertz CT molecular complexity index is 181. The van der Waals surface area contributed by atoms with Gasteiger partial charge in [-0.25, -0.2) is 0 Å². The maximum atomic E-state index is 9.89. The van der Waals surface area contributed by atoms with Gasteiger partial charge in [-0.2, -0.15) is 8.42 Å². The van der Waals surface area contributed by atoms with Crippen LogP contribution in [-0.4, -0.2) is 18.0 Å². The van der Waals surface area contributed by atoms with Gasteiger partial charge in [0, 0.05) is 0 Å². The Morgan fingerprint density at radius 3 is 2.12 bits per heavy atom. The second-order valence-corrected chi connectivity index (χ2v) is 2.69. The average molecular weight is 137 g/mol. The summed E-state index contributed by atoms with van der Waals surface area (Å²) >= 11 is 0. The maximum Gasteiger partial charge on any atom is 0.307 e. The van der Waals surface area contributed by atoms with Crippen molar-refractivity contribution in [2.75, 3.05) is 0 Å². The van der Waals surface area contributed by atoms with Crippen LogP contribution in [0.1, 0.15) is 13.3 Å². The Balaban J connectivity index is 4.29. The summed E-state index contributed by atoms with van der Waals surface area (Å²) in [6.07, 6.45) is 0.0405. The van der Waals surface area contributed by atoms with Crippen molar-refractivity contribution in [2.24, 2.45) is 0 Å². The van der Waals surface area contributed by atoms with Crippen LogP contribution in [0.5, 0.6) is 0 Å². The molecule has 4 nitrogen and oxygen atoms in total. The lowest BCUT2D eigenvalue weighted by Gasteiger charge is -1.90. The molecule has 0 bridgehead atoms. The monoisotopic (exact) mass is 137 g/mol. The Hall–Kier alpha value is -0.420. The van der Waals surface area contributed by atoms with E-state index >= 15 is 0 Å². The van der Waals surface area contributed by atoms with E-state index in [2.05, 4.69) is 0 Å². The molecule has 0 spiro atoms. The zero-order chi connectivity index (χ0) is 6.78. The van der Waals surface area contributed by atoms with Crippen molar-refractivity contribution in [1.29, 1.82) is 5.41 Å².